The molecule has 0 aromatic heterocycles. The highest BCUT2D eigenvalue weighted by atomic mass is 16.6. The lowest BCUT2D eigenvalue weighted by Gasteiger charge is -2.37. The second-order valence-electron chi connectivity index (χ2n) is 8.46. The van der Waals surface area contributed by atoms with Crippen molar-refractivity contribution in [3.63, 3.8) is 0 Å². The lowest BCUT2D eigenvalue weighted by Crippen LogP contribution is -2.41. The van der Waals surface area contributed by atoms with E-state index in [2.05, 4.69) is 5.10 Å². The van der Waals surface area contributed by atoms with Gasteiger partial charge in [-0.05, 0) is 50.1 Å². The predicted octanol–water partition coefficient (Wildman–Crippen LogP) is 3.98. The zero-order chi connectivity index (χ0) is 23.0. The highest BCUT2D eigenvalue weighted by molar-refractivity contribution is 6.00. The van der Waals surface area contributed by atoms with E-state index in [-0.39, 0.29) is 34.6 Å². The molecule has 9 heteroatoms. The molecule has 32 heavy (non-hydrogen) atoms. The van der Waals surface area contributed by atoms with Crippen LogP contribution in [0.2, 0.25) is 0 Å². The first-order valence-corrected chi connectivity index (χ1v) is 10.3. The van der Waals surface area contributed by atoms with E-state index in [1.165, 1.54) is 30.3 Å². The number of carbonyl (C=O) groups excluding carboxylic acids is 1. The van der Waals surface area contributed by atoms with Gasteiger partial charge in [0.1, 0.15) is 5.75 Å². The number of ether oxygens (including phenoxy) is 3. The molecule has 2 aliphatic heterocycles. The summed E-state index contributed by atoms with van der Waals surface area (Å²) < 4.78 is 16.2. The van der Waals surface area contributed by atoms with Gasteiger partial charge >= 0.3 is 5.69 Å². The molecule has 2 aliphatic rings. The van der Waals surface area contributed by atoms with E-state index in [0.717, 1.165) is 11.3 Å². The number of hydrazone groups is 1. The molecule has 1 amide bonds. The second kappa shape index (κ2) is 8.23. The maximum absolute atomic E-state index is 13.5. The lowest BCUT2D eigenvalue weighted by atomic mass is 9.80. The van der Waals surface area contributed by atoms with E-state index in [1.54, 1.807) is 7.11 Å². The summed E-state index contributed by atoms with van der Waals surface area (Å²) in [5.74, 6) is 0.360. The number of nitro benzene ring substituents is 1. The van der Waals surface area contributed by atoms with Crippen molar-refractivity contribution in [3.05, 3.63) is 63.7 Å². The number of nitro groups is 1. The van der Waals surface area contributed by atoms with Crippen LogP contribution in [0.1, 0.15) is 42.2 Å². The summed E-state index contributed by atoms with van der Waals surface area (Å²) in [6, 6.07) is 11.3. The first-order valence-electron chi connectivity index (χ1n) is 10.3. The molecule has 0 radical (unpaired) electrons. The van der Waals surface area contributed by atoms with Gasteiger partial charge in [0, 0.05) is 17.5 Å². The number of fused-ring (bicyclic) bond motifs is 1. The number of nitrogens with zero attached hydrogens (tertiary/aromatic N) is 3. The number of hydrogen-bond acceptors (Lipinski definition) is 7. The Morgan fingerprint density at radius 1 is 1.19 bits per heavy atom. The van der Waals surface area contributed by atoms with Gasteiger partial charge < -0.3 is 14.2 Å². The van der Waals surface area contributed by atoms with Gasteiger partial charge in [0.2, 0.25) is 0 Å². The summed E-state index contributed by atoms with van der Waals surface area (Å²) in [6.07, 6.45) is 0.690. The molecule has 2 atom stereocenters. The van der Waals surface area contributed by atoms with Gasteiger partial charge in [-0.2, -0.15) is 5.10 Å². The average Bonchev–Trinajstić information content (AvgIpc) is 3.15. The summed E-state index contributed by atoms with van der Waals surface area (Å²) >= 11 is 0. The molecule has 9 nitrogen and oxygen atoms in total. The fraction of sp³-hybridized carbons (Fsp3) is 0.391. The molecule has 0 N–H and O–H groups in total. The molecule has 0 spiro atoms. The number of carbonyl (C=O) groups is 1. The van der Waals surface area contributed by atoms with Gasteiger partial charge in [-0.3, -0.25) is 14.9 Å². The van der Waals surface area contributed by atoms with Crippen LogP contribution in [-0.4, -0.2) is 48.0 Å². The molecule has 0 aliphatic carbocycles. The van der Waals surface area contributed by atoms with Crippen molar-refractivity contribution in [2.45, 2.75) is 31.9 Å². The molecule has 2 aromatic rings. The summed E-state index contributed by atoms with van der Waals surface area (Å²) in [6.45, 7) is 4.37. The summed E-state index contributed by atoms with van der Waals surface area (Å²) in [7, 11) is 2.95. The first kappa shape index (κ1) is 21.8. The van der Waals surface area contributed by atoms with Crippen LogP contribution in [0.25, 0.3) is 0 Å². The summed E-state index contributed by atoms with van der Waals surface area (Å²) in [5, 5.41) is 17.5. The lowest BCUT2D eigenvalue weighted by molar-refractivity contribution is -0.385. The number of hydrogen-bond donors (Lipinski definition) is 0. The SMILES string of the molecule is COc1ccc(C2C3CC(C)(C)OCC3=NN2C(=O)c2ccc(OC)c([N+](=O)[O-])c2)cc1. The monoisotopic (exact) mass is 439 g/mol. The number of methoxy groups -OCH3 is 2. The van der Waals surface area contributed by atoms with Gasteiger partial charge in [-0.25, -0.2) is 5.01 Å². The van der Waals surface area contributed by atoms with Crippen LogP contribution in [0.3, 0.4) is 0 Å². The van der Waals surface area contributed by atoms with E-state index in [4.69, 9.17) is 14.2 Å². The molecular formula is C23H25N3O6. The minimum absolute atomic E-state index is 0.0238. The quantitative estimate of drug-likeness (QED) is 0.516. The molecular weight excluding hydrogens is 414 g/mol. The molecule has 0 saturated carbocycles. The number of amides is 1. The van der Waals surface area contributed by atoms with E-state index in [9.17, 15) is 14.9 Å². The van der Waals surface area contributed by atoms with Crippen LogP contribution in [0.5, 0.6) is 11.5 Å². The van der Waals surface area contributed by atoms with Crippen LogP contribution >= 0.6 is 0 Å². The Kier molecular flexibility index (Phi) is 5.60. The first-order chi connectivity index (χ1) is 15.2. The third-order valence-electron chi connectivity index (χ3n) is 5.92. The van der Waals surface area contributed by atoms with Gasteiger partial charge in [-0.15, -0.1) is 0 Å². The average molecular weight is 439 g/mol. The zero-order valence-electron chi connectivity index (χ0n) is 18.4. The van der Waals surface area contributed by atoms with E-state index >= 15 is 0 Å². The van der Waals surface area contributed by atoms with Crippen molar-refractivity contribution in [1.82, 2.24) is 5.01 Å². The molecule has 1 fully saturated rings. The third-order valence-corrected chi connectivity index (χ3v) is 5.92. The maximum atomic E-state index is 13.5. The maximum Gasteiger partial charge on any atom is 0.311 e. The Bertz CT molecular complexity index is 1080. The van der Waals surface area contributed by atoms with Crippen LogP contribution in [0, 0.1) is 16.0 Å². The molecule has 0 bridgehead atoms. The van der Waals surface area contributed by atoms with E-state index in [0.29, 0.717) is 18.8 Å². The zero-order valence-corrected chi connectivity index (χ0v) is 18.4. The Balaban J connectivity index is 1.75. The topological polar surface area (TPSA) is 104 Å². The minimum atomic E-state index is -0.567. The largest absolute Gasteiger partial charge is 0.497 e. The molecule has 4 rings (SSSR count). The van der Waals surface area contributed by atoms with Crippen molar-refractivity contribution in [2.75, 3.05) is 20.8 Å². The Morgan fingerprint density at radius 2 is 1.91 bits per heavy atom. The highest BCUT2D eigenvalue weighted by Crippen LogP contribution is 2.44. The van der Waals surface area contributed by atoms with E-state index < -0.39 is 10.8 Å². The van der Waals surface area contributed by atoms with Crippen molar-refractivity contribution < 1.29 is 23.9 Å². The number of rotatable bonds is 5. The highest BCUT2D eigenvalue weighted by Gasteiger charge is 2.47. The van der Waals surface area contributed by atoms with Crippen LogP contribution in [0.15, 0.2) is 47.6 Å². The van der Waals surface area contributed by atoms with Crippen LogP contribution in [0.4, 0.5) is 5.69 Å². The van der Waals surface area contributed by atoms with Crippen molar-refractivity contribution >= 4 is 17.3 Å². The standard InChI is InChI=1S/C23H25N3O6/c1-23(2)12-17-18(13-32-23)24-25(21(17)14-5-8-16(30-3)9-6-14)22(27)15-7-10-20(31-4)19(11-15)26(28)29/h5-11,17,21H,12-13H2,1-4H3. The van der Waals surface area contributed by atoms with Crippen molar-refractivity contribution in [1.29, 1.82) is 0 Å². The van der Waals surface area contributed by atoms with Gasteiger partial charge in [0.15, 0.2) is 5.75 Å². The molecule has 2 aromatic carbocycles. The molecule has 168 valence electrons. The normalized spacial score (nSPS) is 21.5. The van der Waals surface area contributed by atoms with Crippen molar-refractivity contribution in [3.8, 4) is 11.5 Å². The van der Waals surface area contributed by atoms with Gasteiger partial charge in [-0.1, -0.05) is 12.1 Å². The third kappa shape index (κ3) is 3.91. The predicted molar refractivity (Wildman–Crippen MR) is 117 cm³/mol. The number of benzene rings is 2. The second-order valence-corrected chi connectivity index (χ2v) is 8.46. The van der Waals surface area contributed by atoms with Gasteiger partial charge in [0.05, 0.1) is 43.1 Å². The fourth-order valence-electron chi connectivity index (χ4n) is 4.29. The Morgan fingerprint density at radius 3 is 2.53 bits per heavy atom. The fourth-order valence-corrected chi connectivity index (χ4v) is 4.29. The smallest absolute Gasteiger partial charge is 0.311 e. The van der Waals surface area contributed by atoms with Crippen molar-refractivity contribution in [2.24, 2.45) is 11.0 Å². The van der Waals surface area contributed by atoms with E-state index in [1.807, 2.05) is 38.1 Å². The summed E-state index contributed by atoms with van der Waals surface area (Å²) in [4.78, 5) is 24.4. The summed E-state index contributed by atoms with van der Waals surface area (Å²) in [5.41, 5.74) is 1.24. The Hall–Kier alpha value is -3.46. The van der Waals surface area contributed by atoms with Crippen LogP contribution < -0.4 is 9.47 Å². The molecule has 2 unspecified atom stereocenters. The Labute approximate surface area is 185 Å². The van der Waals surface area contributed by atoms with Crippen LogP contribution in [-0.2, 0) is 4.74 Å². The molecule has 1 saturated heterocycles. The minimum Gasteiger partial charge on any atom is -0.497 e. The molecule has 2 heterocycles. The van der Waals surface area contributed by atoms with Gasteiger partial charge in [0.25, 0.3) is 5.91 Å².